The van der Waals surface area contributed by atoms with Gasteiger partial charge in [-0.3, -0.25) is 4.79 Å². The molecule has 0 spiro atoms. The molecular weight excluding hydrogens is 156 g/mol. The van der Waals surface area contributed by atoms with Crippen molar-refractivity contribution < 1.29 is 0 Å². The maximum absolute atomic E-state index is 11.0. The summed E-state index contributed by atoms with van der Waals surface area (Å²) in [4.78, 5) is 15.0. The first-order chi connectivity index (χ1) is 5.29. The zero-order valence-electron chi connectivity index (χ0n) is 5.93. The summed E-state index contributed by atoms with van der Waals surface area (Å²) in [5, 5.41) is 3.82. The molecule has 0 N–H and O–H groups in total. The van der Waals surface area contributed by atoms with E-state index < -0.39 is 0 Å². The van der Waals surface area contributed by atoms with Gasteiger partial charge in [0.1, 0.15) is 6.33 Å². The number of fused-ring (bicyclic) bond motifs is 1. The minimum absolute atomic E-state index is 0. The van der Waals surface area contributed by atoms with Crippen molar-refractivity contribution in [3.63, 3.8) is 0 Å². The number of nitrogens with zero attached hydrogens (tertiary/aromatic N) is 4. The van der Waals surface area contributed by atoms with Crippen molar-refractivity contribution in [3.8, 4) is 0 Å². The predicted octanol–water partition coefficient (Wildman–Crippen LogP) is 0.0641. The Kier molecular flexibility index (Phi) is 1.95. The van der Waals surface area contributed by atoms with Crippen LogP contribution in [0, 0.1) is 0 Å². The number of hydrogen-bond donors (Lipinski definition) is 0. The van der Waals surface area contributed by atoms with Crippen molar-refractivity contribution in [1.29, 1.82) is 0 Å². The molecule has 0 saturated carbocycles. The second kappa shape index (κ2) is 2.77. The summed E-state index contributed by atoms with van der Waals surface area (Å²) in [5.41, 5.74) is -0.157. The molecule has 2 aromatic rings. The van der Waals surface area contributed by atoms with Crippen molar-refractivity contribution in [1.82, 2.24) is 19.2 Å². The average Bonchev–Trinajstić information content (AvgIpc) is 2.35. The first-order valence-corrected chi connectivity index (χ1v) is 3.14. The lowest BCUT2D eigenvalue weighted by Crippen LogP contribution is -2.13. The summed E-state index contributed by atoms with van der Waals surface area (Å²) < 4.78 is 2.93. The molecule has 0 aromatic carbocycles. The molecule has 0 fully saturated rings. The van der Waals surface area contributed by atoms with E-state index in [9.17, 15) is 4.79 Å². The van der Waals surface area contributed by atoms with E-state index >= 15 is 0 Å². The molecule has 5 nitrogen and oxygen atoms in total. The van der Waals surface area contributed by atoms with Gasteiger partial charge >= 0.3 is 0 Å². The second-order valence-corrected chi connectivity index (χ2v) is 2.24. The lowest BCUT2D eigenvalue weighted by atomic mass is 10.7. The number of rotatable bonds is 0. The third-order valence-electron chi connectivity index (χ3n) is 1.46. The third kappa shape index (κ3) is 0.990. The van der Waals surface area contributed by atoms with E-state index in [1.165, 1.54) is 16.8 Å². The molecule has 0 aliphatic heterocycles. The van der Waals surface area contributed by atoms with Gasteiger partial charge < -0.3 is 4.57 Å². The lowest BCUT2D eigenvalue weighted by molar-refractivity contribution is 0.891. The molecule has 0 saturated heterocycles. The molecule has 0 unspecified atom stereocenters. The summed E-state index contributed by atoms with van der Waals surface area (Å²) in [6.45, 7) is 0. The molecule has 64 valence electrons. The third-order valence-corrected chi connectivity index (χ3v) is 1.46. The first kappa shape index (κ1) is 8.45. The van der Waals surface area contributed by atoms with Crippen LogP contribution < -0.4 is 5.56 Å². The van der Waals surface area contributed by atoms with Gasteiger partial charge in [-0.25, -0.2) is 4.98 Å². The van der Waals surface area contributed by atoms with Gasteiger partial charge in [0, 0.05) is 19.3 Å². The van der Waals surface area contributed by atoms with Crippen LogP contribution in [0.5, 0.6) is 0 Å². The maximum atomic E-state index is 11.0. The highest BCUT2D eigenvalue weighted by Gasteiger charge is 1.98. The minimum Gasteiger partial charge on any atom is -0.303 e. The van der Waals surface area contributed by atoms with Gasteiger partial charge in [-0.15, -0.1) is 0 Å². The molecule has 0 aliphatic carbocycles. The lowest BCUT2D eigenvalue weighted by Gasteiger charge is -1.89. The smallest absolute Gasteiger partial charge is 0.275 e. The Labute approximate surface area is 69.3 Å². The number of aromatic nitrogens is 4. The minimum atomic E-state index is -0.157. The van der Waals surface area contributed by atoms with E-state index in [4.69, 9.17) is 0 Å². The number of hydrogen-bond acceptors (Lipinski definition) is 3. The molecular formula is C7H10N4O. The molecule has 0 amide bonds. The van der Waals surface area contributed by atoms with Gasteiger partial charge in [-0.05, 0) is 0 Å². The SMILES string of the molecule is C.Cn1cnn2c(=O)ccnc12. The summed E-state index contributed by atoms with van der Waals surface area (Å²) in [6, 6.07) is 1.38. The topological polar surface area (TPSA) is 52.2 Å². The molecule has 2 aromatic heterocycles. The van der Waals surface area contributed by atoms with Crippen molar-refractivity contribution >= 4 is 5.78 Å². The maximum Gasteiger partial charge on any atom is 0.275 e. The molecule has 0 bridgehead atoms. The second-order valence-electron chi connectivity index (χ2n) is 2.24. The van der Waals surface area contributed by atoms with E-state index in [1.54, 1.807) is 17.9 Å². The first-order valence-electron chi connectivity index (χ1n) is 3.14. The molecule has 0 radical (unpaired) electrons. The Balaban J connectivity index is 0.000000720. The fourth-order valence-electron chi connectivity index (χ4n) is 0.921. The summed E-state index contributed by atoms with van der Waals surface area (Å²) in [7, 11) is 1.79. The molecule has 2 heterocycles. The molecule has 12 heavy (non-hydrogen) atoms. The van der Waals surface area contributed by atoms with E-state index in [2.05, 4.69) is 10.1 Å². The van der Waals surface area contributed by atoms with E-state index in [-0.39, 0.29) is 13.0 Å². The highest BCUT2D eigenvalue weighted by Crippen LogP contribution is 1.89. The Morgan fingerprint density at radius 3 is 2.92 bits per heavy atom. The van der Waals surface area contributed by atoms with Crippen LogP contribution in [0.1, 0.15) is 7.43 Å². The molecule has 5 heteroatoms. The van der Waals surface area contributed by atoms with Gasteiger partial charge in [0.15, 0.2) is 0 Å². The fourth-order valence-corrected chi connectivity index (χ4v) is 0.921. The van der Waals surface area contributed by atoms with Crippen LogP contribution in [0.4, 0.5) is 0 Å². The van der Waals surface area contributed by atoms with Gasteiger partial charge in [0.25, 0.3) is 5.56 Å². The average molecular weight is 166 g/mol. The van der Waals surface area contributed by atoms with Crippen LogP contribution in [0.15, 0.2) is 23.4 Å². The van der Waals surface area contributed by atoms with Crippen molar-refractivity contribution in [3.05, 3.63) is 28.9 Å². The van der Waals surface area contributed by atoms with Gasteiger partial charge in [-0.2, -0.15) is 9.61 Å². The number of aryl methyl sites for hydroxylation is 1. The van der Waals surface area contributed by atoms with Crippen LogP contribution in [0.2, 0.25) is 0 Å². The van der Waals surface area contributed by atoms with Crippen LogP contribution in [0.25, 0.3) is 5.78 Å². The molecule has 2 rings (SSSR count). The van der Waals surface area contributed by atoms with Crippen molar-refractivity contribution in [2.75, 3.05) is 0 Å². The van der Waals surface area contributed by atoms with Crippen molar-refractivity contribution in [2.45, 2.75) is 7.43 Å². The Morgan fingerprint density at radius 1 is 1.50 bits per heavy atom. The van der Waals surface area contributed by atoms with Crippen LogP contribution in [-0.2, 0) is 7.05 Å². The normalized spacial score (nSPS) is 9.75. The van der Waals surface area contributed by atoms with Crippen LogP contribution >= 0.6 is 0 Å². The quantitative estimate of drug-likeness (QED) is 0.556. The van der Waals surface area contributed by atoms with Gasteiger partial charge in [-0.1, -0.05) is 7.43 Å². The largest absolute Gasteiger partial charge is 0.303 e. The summed E-state index contributed by atoms with van der Waals surface area (Å²) in [5.74, 6) is 0.553. The predicted molar refractivity (Wildman–Crippen MR) is 45.0 cm³/mol. The Bertz CT molecular complexity index is 442. The van der Waals surface area contributed by atoms with Crippen LogP contribution in [-0.4, -0.2) is 19.2 Å². The zero-order valence-corrected chi connectivity index (χ0v) is 5.93. The Hall–Kier alpha value is -1.65. The van der Waals surface area contributed by atoms with Crippen molar-refractivity contribution in [2.24, 2.45) is 7.05 Å². The van der Waals surface area contributed by atoms with Gasteiger partial charge in [0.2, 0.25) is 5.78 Å². The standard InChI is InChI=1S/C6H6N4O.CH4/c1-9-4-8-10-5(11)2-3-7-6(9)10;/h2-4H,1H3;1H4. The molecule has 0 atom stereocenters. The van der Waals surface area contributed by atoms with E-state index in [1.807, 2.05) is 0 Å². The zero-order chi connectivity index (χ0) is 7.84. The highest BCUT2D eigenvalue weighted by atomic mass is 16.1. The fraction of sp³-hybridized carbons (Fsp3) is 0.286. The highest BCUT2D eigenvalue weighted by molar-refractivity contribution is 5.24. The summed E-state index contributed by atoms with van der Waals surface area (Å²) >= 11 is 0. The van der Waals surface area contributed by atoms with E-state index in [0.717, 1.165) is 0 Å². The molecule has 0 aliphatic rings. The monoisotopic (exact) mass is 166 g/mol. The van der Waals surface area contributed by atoms with Crippen LogP contribution in [0.3, 0.4) is 0 Å². The van der Waals surface area contributed by atoms with E-state index in [0.29, 0.717) is 5.78 Å². The Morgan fingerprint density at radius 2 is 2.25 bits per heavy atom. The van der Waals surface area contributed by atoms with Gasteiger partial charge in [0.05, 0.1) is 0 Å². The summed E-state index contributed by atoms with van der Waals surface area (Å²) in [6.07, 6.45) is 3.02.